The van der Waals surface area contributed by atoms with E-state index in [0.29, 0.717) is 11.7 Å². The fourth-order valence-electron chi connectivity index (χ4n) is 2.12. The van der Waals surface area contributed by atoms with Crippen LogP contribution < -0.4 is 5.32 Å². The molecule has 1 aromatic rings. The van der Waals surface area contributed by atoms with Gasteiger partial charge in [0.15, 0.2) is 4.34 Å². The first-order valence-electron chi connectivity index (χ1n) is 6.67. The molecule has 19 heavy (non-hydrogen) atoms. The fraction of sp³-hybridized carbons (Fsp3) is 0.750. The zero-order valence-electron chi connectivity index (χ0n) is 11.4. The average molecular weight is 300 g/mol. The Hall–Kier alpha value is -0.820. The van der Waals surface area contributed by atoms with Gasteiger partial charge in [0.1, 0.15) is 0 Å². The van der Waals surface area contributed by atoms with E-state index < -0.39 is 0 Å². The normalized spacial score (nSPS) is 19.5. The van der Waals surface area contributed by atoms with Crippen LogP contribution in [0.1, 0.15) is 26.7 Å². The minimum Gasteiger partial charge on any atom is -0.360 e. The second-order valence-electron chi connectivity index (χ2n) is 4.78. The highest BCUT2D eigenvalue weighted by Crippen LogP contribution is 2.26. The van der Waals surface area contributed by atoms with Crippen LogP contribution in [-0.4, -0.2) is 46.4 Å². The Bertz CT molecular complexity index is 424. The largest absolute Gasteiger partial charge is 0.360 e. The van der Waals surface area contributed by atoms with Crippen molar-refractivity contribution in [1.82, 2.24) is 15.1 Å². The van der Waals surface area contributed by atoms with Gasteiger partial charge in [-0.15, -0.1) is 10.2 Å². The van der Waals surface area contributed by atoms with E-state index >= 15 is 0 Å². The summed E-state index contributed by atoms with van der Waals surface area (Å²) in [6.07, 6.45) is 2.36. The van der Waals surface area contributed by atoms with Crippen molar-refractivity contribution in [2.45, 2.75) is 31.0 Å². The molecule has 1 aliphatic rings. The lowest BCUT2D eigenvalue weighted by Gasteiger charge is -2.30. The first-order valence-corrected chi connectivity index (χ1v) is 8.47. The van der Waals surface area contributed by atoms with Gasteiger partial charge in [-0.05, 0) is 25.7 Å². The van der Waals surface area contributed by atoms with Crippen molar-refractivity contribution in [2.24, 2.45) is 5.92 Å². The Kier molecular flexibility index (Phi) is 5.45. The number of hydrogen-bond donors (Lipinski definition) is 1. The Morgan fingerprint density at radius 2 is 2.42 bits per heavy atom. The summed E-state index contributed by atoms with van der Waals surface area (Å²) in [4.78, 5) is 14.1. The zero-order valence-corrected chi connectivity index (χ0v) is 13.0. The number of carbonyl (C=O) groups excluding carboxylic acids is 1. The average Bonchev–Trinajstić information content (AvgIpc) is 2.84. The molecule has 5 nitrogen and oxygen atoms in total. The van der Waals surface area contributed by atoms with E-state index in [0.717, 1.165) is 35.5 Å². The molecule has 0 spiro atoms. The van der Waals surface area contributed by atoms with Gasteiger partial charge in [-0.3, -0.25) is 4.79 Å². The molecular weight excluding hydrogens is 280 g/mol. The molecular formula is C12H20N4OS2. The molecule has 0 aliphatic carbocycles. The molecule has 1 atom stereocenters. The maximum Gasteiger partial charge on any atom is 0.233 e. The van der Waals surface area contributed by atoms with E-state index in [9.17, 15) is 4.79 Å². The summed E-state index contributed by atoms with van der Waals surface area (Å²) in [6, 6.07) is 0. The van der Waals surface area contributed by atoms with Crippen molar-refractivity contribution in [3.63, 3.8) is 0 Å². The summed E-state index contributed by atoms with van der Waals surface area (Å²) >= 11 is 2.99. The first kappa shape index (κ1) is 14.6. The summed E-state index contributed by atoms with van der Waals surface area (Å²) in [5.41, 5.74) is 0. The van der Waals surface area contributed by atoms with E-state index in [1.165, 1.54) is 29.5 Å². The quantitative estimate of drug-likeness (QED) is 0.846. The molecule has 1 amide bonds. The molecule has 1 aromatic heterocycles. The number of likely N-dealkylation sites (tertiary alicyclic amines) is 1. The monoisotopic (exact) mass is 300 g/mol. The molecule has 1 fully saturated rings. The maximum atomic E-state index is 12.1. The SMILES string of the molecule is CCNc1nnc(SCC(=O)N2CCC[C@H](C)C2)s1. The third-order valence-electron chi connectivity index (χ3n) is 3.06. The van der Waals surface area contributed by atoms with Gasteiger partial charge in [0, 0.05) is 19.6 Å². The fourth-order valence-corrected chi connectivity index (χ4v) is 3.84. The van der Waals surface area contributed by atoms with Gasteiger partial charge in [-0.1, -0.05) is 30.0 Å². The highest BCUT2D eigenvalue weighted by atomic mass is 32.2. The minimum absolute atomic E-state index is 0.219. The molecule has 0 unspecified atom stereocenters. The zero-order chi connectivity index (χ0) is 13.7. The summed E-state index contributed by atoms with van der Waals surface area (Å²) < 4.78 is 0.856. The second-order valence-corrected chi connectivity index (χ2v) is 6.98. The van der Waals surface area contributed by atoms with Crippen LogP contribution in [0, 0.1) is 5.92 Å². The lowest BCUT2D eigenvalue weighted by molar-refractivity contribution is -0.130. The molecule has 0 saturated carbocycles. The molecule has 0 aromatic carbocycles. The summed E-state index contributed by atoms with van der Waals surface area (Å²) in [5, 5.41) is 12.0. The van der Waals surface area contributed by atoms with Crippen LogP contribution in [0.25, 0.3) is 0 Å². The van der Waals surface area contributed by atoms with Crippen LogP contribution >= 0.6 is 23.1 Å². The summed E-state index contributed by atoms with van der Waals surface area (Å²) in [6.45, 7) is 6.87. The van der Waals surface area contributed by atoms with E-state index in [2.05, 4.69) is 22.4 Å². The van der Waals surface area contributed by atoms with Crippen LogP contribution in [-0.2, 0) is 4.79 Å². The topological polar surface area (TPSA) is 58.1 Å². The number of piperidine rings is 1. The van der Waals surface area contributed by atoms with Gasteiger partial charge in [-0.2, -0.15) is 0 Å². The van der Waals surface area contributed by atoms with E-state index in [4.69, 9.17) is 0 Å². The molecule has 0 radical (unpaired) electrons. The van der Waals surface area contributed by atoms with Gasteiger partial charge >= 0.3 is 0 Å². The number of thioether (sulfide) groups is 1. The van der Waals surface area contributed by atoms with Crippen molar-refractivity contribution >= 4 is 34.1 Å². The highest BCUT2D eigenvalue weighted by molar-refractivity contribution is 8.01. The van der Waals surface area contributed by atoms with E-state index in [-0.39, 0.29) is 5.91 Å². The number of carbonyl (C=O) groups is 1. The molecule has 7 heteroatoms. The lowest BCUT2D eigenvalue weighted by atomic mass is 10.0. The molecule has 1 N–H and O–H groups in total. The number of rotatable bonds is 5. The van der Waals surface area contributed by atoms with Crippen molar-refractivity contribution in [1.29, 1.82) is 0 Å². The predicted molar refractivity (Wildman–Crippen MR) is 79.8 cm³/mol. The number of hydrogen-bond acceptors (Lipinski definition) is 6. The molecule has 2 heterocycles. The third kappa shape index (κ3) is 4.35. The number of aromatic nitrogens is 2. The summed E-state index contributed by atoms with van der Waals surface area (Å²) in [5.74, 6) is 1.31. The van der Waals surface area contributed by atoms with Gasteiger partial charge in [0.05, 0.1) is 5.75 Å². The second kappa shape index (κ2) is 7.09. The van der Waals surface area contributed by atoms with Gasteiger partial charge in [-0.25, -0.2) is 0 Å². The van der Waals surface area contributed by atoms with Gasteiger partial charge in [0.25, 0.3) is 0 Å². The Labute approximate surface area is 122 Å². The van der Waals surface area contributed by atoms with E-state index in [1.54, 1.807) is 0 Å². The third-order valence-corrected chi connectivity index (χ3v) is 5.06. The van der Waals surface area contributed by atoms with Crippen LogP contribution in [0.2, 0.25) is 0 Å². The molecule has 1 aliphatic heterocycles. The Morgan fingerprint density at radius 1 is 1.58 bits per heavy atom. The summed E-state index contributed by atoms with van der Waals surface area (Å²) in [7, 11) is 0. The van der Waals surface area contributed by atoms with Crippen LogP contribution in [0.15, 0.2) is 4.34 Å². The van der Waals surface area contributed by atoms with Crippen molar-refractivity contribution in [3.8, 4) is 0 Å². The van der Waals surface area contributed by atoms with Gasteiger partial charge in [0.2, 0.25) is 11.0 Å². The van der Waals surface area contributed by atoms with Gasteiger partial charge < -0.3 is 10.2 Å². The number of amides is 1. The standard InChI is InChI=1S/C12H20N4OS2/c1-3-13-11-14-15-12(19-11)18-8-10(17)16-6-4-5-9(2)7-16/h9H,3-8H2,1-2H3,(H,13,14)/t9-/m0/s1. The van der Waals surface area contributed by atoms with Crippen molar-refractivity contribution < 1.29 is 4.79 Å². The smallest absolute Gasteiger partial charge is 0.233 e. The lowest BCUT2D eigenvalue weighted by Crippen LogP contribution is -2.40. The molecule has 2 rings (SSSR count). The minimum atomic E-state index is 0.219. The first-order chi connectivity index (χ1) is 9.19. The molecule has 106 valence electrons. The Morgan fingerprint density at radius 3 is 3.16 bits per heavy atom. The predicted octanol–water partition coefficient (Wildman–Crippen LogP) is 2.32. The number of nitrogens with zero attached hydrogens (tertiary/aromatic N) is 3. The van der Waals surface area contributed by atoms with Crippen LogP contribution in [0.4, 0.5) is 5.13 Å². The Balaban J connectivity index is 1.79. The van der Waals surface area contributed by atoms with Crippen LogP contribution in [0.5, 0.6) is 0 Å². The maximum absolute atomic E-state index is 12.1. The molecule has 0 bridgehead atoms. The highest BCUT2D eigenvalue weighted by Gasteiger charge is 2.21. The van der Waals surface area contributed by atoms with E-state index in [1.807, 2.05) is 11.8 Å². The van der Waals surface area contributed by atoms with Crippen LogP contribution in [0.3, 0.4) is 0 Å². The number of nitrogens with one attached hydrogen (secondary N) is 1. The molecule has 1 saturated heterocycles. The van der Waals surface area contributed by atoms with Crippen molar-refractivity contribution in [2.75, 3.05) is 30.7 Å². The number of anilines is 1. The van der Waals surface area contributed by atoms with Crippen molar-refractivity contribution in [3.05, 3.63) is 0 Å².